The lowest BCUT2D eigenvalue weighted by atomic mass is 10.1. The van der Waals surface area contributed by atoms with Crippen LogP contribution in [0.4, 0.5) is 5.82 Å². The van der Waals surface area contributed by atoms with E-state index in [9.17, 15) is 0 Å². The summed E-state index contributed by atoms with van der Waals surface area (Å²) >= 11 is 0. The summed E-state index contributed by atoms with van der Waals surface area (Å²) in [4.78, 5) is 4.86. The molecule has 1 aromatic carbocycles. The number of methoxy groups -OCH3 is 1. The summed E-state index contributed by atoms with van der Waals surface area (Å²) in [5.74, 6) is 1.81. The number of aryl methyl sites for hydroxylation is 1. The van der Waals surface area contributed by atoms with Crippen molar-refractivity contribution in [2.45, 2.75) is 25.9 Å². The first kappa shape index (κ1) is 16.0. The predicted molar refractivity (Wildman–Crippen MR) is 99.4 cm³/mol. The molecule has 0 amide bonds. The molecule has 3 heterocycles. The molecule has 2 aromatic heterocycles. The number of ether oxygens (including phenoxy) is 2. The predicted octanol–water partition coefficient (Wildman–Crippen LogP) is 3.91. The van der Waals surface area contributed by atoms with Crippen LogP contribution in [0.1, 0.15) is 18.4 Å². The maximum atomic E-state index is 5.76. The third-order valence-corrected chi connectivity index (χ3v) is 4.65. The summed E-state index contributed by atoms with van der Waals surface area (Å²) < 4.78 is 13.4. The SMILES string of the molecule is COc1ccccc1-c1nc2ccc(C)cn2c1NC[C@H]1CCCO1. The third-order valence-electron chi connectivity index (χ3n) is 4.65. The highest BCUT2D eigenvalue weighted by molar-refractivity contribution is 5.80. The van der Waals surface area contributed by atoms with E-state index in [1.165, 1.54) is 5.56 Å². The molecule has 3 aromatic rings. The van der Waals surface area contributed by atoms with E-state index >= 15 is 0 Å². The first-order valence-electron chi connectivity index (χ1n) is 8.74. The van der Waals surface area contributed by atoms with Crippen molar-refractivity contribution in [1.82, 2.24) is 9.38 Å². The summed E-state index contributed by atoms with van der Waals surface area (Å²) in [5, 5.41) is 3.58. The lowest BCUT2D eigenvalue weighted by molar-refractivity contribution is 0.120. The van der Waals surface area contributed by atoms with E-state index in [4.69, 9.17) is 14.5 Å². The van der Waals surface area contributed by atoms with E-state index in [1.54, 1.807) is 7.11 Å². The van der Waals surface area contributed by atoms with Gasteiger partial charge >= 0.3 is 0 Å². The minimum Gasteiger partial charge on any atom is -0.496 e. The molecule has 5 heteroatoms. The van der Waals surface area contributed by atoms with Crippen LogP contribution in [-0.4, -0.2) is 35.8 Å². The van der Waals surface area contributed by atoms with E-state index in [1.807, 2.05) is 30.3 Å². The van der Waals surface area contributed by atoms with Gasteiger partial charge in [-0.05, 0) is 43.5 Å². The fourth-order valence-electron chi connectivity index (χ4n) is 3.36. The number of fused-ring (bicyclic) bond motifs is 1. The van der Waals surface area contributed by atoms with Crippen LogP contribution in [0.15, 0.2) is 42.6 Å². The number of para-hydroxylation sites is 1. The number of nitrogens with zero attached hydrogens (tertiary/aromatic N) is 2. The Morgan fingerprint density at radius 2 is 2.16 bits per heavy atom. The summed E-state index contributed by atoms with van der Waals surface area (Å²) in [5.41, 5.74) is 4.00. The van der Waals surface area contributed by atoms with Gasteiger partial charge in [0, 0.05) is 24.9 Å². The van der Waals surface area contributed by atoms with E-state index in [-0.39, 0.29) is 6.10 Å². The number of anilines is 1. The normalized spacial score (nSPS) is 17.1. The van der Waals surface area contributed by atoms with Crippen LogP contribution in [0, 0.1) is 6.92 Å². The molecular weight excluding hydrogens is 314 g/mol. The lowest BCUT2D eigenvalue weighted by Crippen LogP contribution is -2.19. The van der Waals surface area contributed by atoms with Crippen molar-refractivity contribution in [3.8, 4) is 17.0 Å². The van der Waals surface area contributed by atoms with E-state index in [0.717, 1.165) is 54.5 Å². The number of rotatable bonds is 5. The highest BCUT2D eigenvalue weighted by Gasteiger charge is 2.20. The highest BCUT2D eigenvalue weighted by atomic mass is 16.5. The summed E-state index contributed by atoms with van der Waals surface area (Å²) in [6.45, 7) is 3.73. The molecule has 0 spiro atoms. The molecule has 0 bridgehead atoms. The van der Waals surface area contributed by atoms with E-state index in [2.05, 4.69) is 28.9 Å². The standard InChI is InChI=1S/C20H23N3O2/c1-14-9-10-18-22-19(16-7-3-4-8-17(16)24-2)20(23(18)13-14)21-12-15-6-5-11-25-15/h3-4,7-10,13,15,21H,5-6,11-12H2,1-2H3/t15-/m1/s1. The Hall–Kier alpha value is -2.53. The molecule has 5 nitrogen and oxygen atoms in total. The zero-order valence-corrected chi connectivity index (χ0v) is 14.7. The number of pyridine rings is 1. The maximum absolute atomic E-state index is 5.76. The Morgan fingerprint density at radius 1 is 1.28 bits per heavy atom. The maximum Gasteiger partial charge on any atom is 0.139 e. The third kappa shape index (κ3) is 3.07. The molecule has 1 fully saturated rings. The van der Waals surface area contributed by atoms with Gasteiger partial charge in [0.15, 0.2) is 0 Å². The number of aromatic nitrogens is 2. The van der Waals surface area contributed by atoms with Gasteiger partial charge in [-0.25, -0.2) is 4.98 Å². The quantitative estimate of drug-likeness (QED) is 0.767. The fraction of sp³-hybridized carbons (Fsp3) is 0.350. The largest absolute Gasteiger partial charge is 0.496 e. The smallest absolute Gasteiger partial charge is 0.139 e. The molecular formula is C20H23N3O2. The first-order valence-corrected chi connectivity index (χ1v) is 8.74. The fourth-order valence-corrected chi connectivity index (χ4v) is 3.36. The van der Waals surface area contributed by atoms with Crippen molar-refractivity contribution in [3.05, 3.63) is 48.2 Å². The van der Waals surface area contributed by atoms with Gasteiger partial charge in [-0.15, -0.1) is 0 Å². The number of imidazole rings is 1. The van der Waals surface area contributed by atoms with Crippen LogP contribution in [0.25, 0.3) is 16.9 Å². The van der Waals surface area contributed by atoms with Crippen LogP contribution in [0.5, 0.6) is 5.75 Å². The topological polar surface area (TPSA) is 47.8 Å². The van der Waals surface area contributed by atoms with Crippen LogP contribution < -0.4 is 10.1 Å². The summed E-state index contributed by atoms with van der Waals surface area (Å²) in [7, 11) is 1.69. The Morgan fingerprint density at radius 3 is 2.96 bits per heavy atom. The molecule has 0 aliphatic carbocycles. The Labute approximate surface area is 147 Å². The number of hydrogen-bond donors (Lipinski definition) is 1. The Bertz CT molecular complexity index is 882. The molecule has 1 saturated heterocycles. The van der Waals surface area contributed by atoms with Gasteiger partial charge in [0.2, 0.25) is 0 Å². The van der Waals surface area contributed by atoms with Crippen molar-refractivity contribution in [2.75, 3.05) is 25.6 Å². The first-order chi connectivity index (χ1) is 12.3. The van der Waals surface area contributed by atoms with Crippen molar-refractivity contribution >= 4 is 11.5 Å². The average molecular weight is 337 g/mol. The second kappa shape index (κ2) is 6.76. The molecule has 1 N–H and O–H groups in total. The molecule has 1 atom stereocenters. The summed E-state index contributed by atoms with van der Waals surface area (Å²) in [6, 6.07) is 12.1. The lowest BCUT2D eigenvalue weighted by Gasteiger charge is -2.14. The highest BCUT2D eigenvalue weighted by Crippen LogP contribution is 2.35. The van der Waals surface area contributed by atoms with Crippen LogP contribution in [0.3, 0.4) is 0 Å². The Kier molecular flexibility index (Phi) is 4.32. The van der Waals surface area contributed by atoms with Gasteiger partial charge in [0.1, 0.15) is 22.9 Å². The molecule has 130 valence electrons. The Balaban J connectivity index is 1.80. The van der Waals surface area contributed by atoms with Crippen LogP contribution >= 0.6 is 0 Å². The minimum atomic E-state index is 0.265. The molecule has 0 unspecified atom stereocenters. The van der Waals surface area contributed by atoms with Crippen molar-refractivity contribution in [1.29, 1.82) is 0 Å². The monoisotopic (exact) mass is 337 g/mol. The van der Waals surface area contributed by atoms with Crippen molar-refractivity contribution in [2.24, 2.45) is 0 Å². The van der Waals surface area contributed by atoms with Gasteiger partial charge in [-0.3, -0.25) is 4.40 Å². The minimum absolute atomic E-state index is 0.265. The van der Waals surface area contributed by atoms with E-state index in [0.29, 0.717) is 0 Å². The van der Waals surface area contributed by atoms with Gasteiger partial charge in [0.05, 0.1) is 13.2 Å². The molecule has 0 radical (unpaired) electrons. The average Bonchev–Trinajstić information content (AvgIpc) is 3.27. The van der Waals surface area contributed by atoms with Crippen LogP contribution in [0.2, 0.25) is 0 Å². The molecule has 0 saturated carbocycles. The van der Waals surface area contributed by atoms with Crippen molar-refractivity contribution < 1.29 is 9.47 Å². The van der Waals surface area contributed by atoms with Crippen molar-refractivity contribution in [3.63, 3.8) is 0 Å². The van der Waals surface area contributed by atoms with Gasteiger partial charge in [-0.1, -0.05) is 18.2 Å². The van der Waals surface area contributed by atoms with Gasteiger partial charge in [-0.2, -0.15) is 0 Å². The number of nitrogens with one attached hydrogen (secondary N) is 1. The van der Waals surface area contributed by atoms with Gasteiger partial charge in [0.25, 0.3) is 0 Å². The van der Waals surface area contributed by atoms with Crippen LogP contribution in [-0.2, 0) is 4.74 Å². The number of benzene rings is 1. The molecule has 4 rings (SSSR count). The number of hydrogen-bond acceptors (Lipinski definition) is 4. The zero-order valence-electron chi connectivity index (χ0n) is 14.7. The van der Waals surface area contributed by atoms with E-state index < -0.39 is 0 Å². The summed E-state index contributed by atoms with van der Waals surface area (Å²) in [6.07, 6.45) is 4.62. The molecule has 25 heavy (non-hydrogen) atoms. The second-order valence-electron chi connectivity index (χ2n) is 6.46. The molecule has 1 aliphatic rings. The zero-order chi connectivity index (χ0) is 17.2. The molecule has 1 aliphatic heterocycles. The van der Waals surface area contributed by atoms with Gasteiger partial charge < -0.3 is 14.8 Å². The second-order valence-corrected chi connectivity index (χ2v) is 6.46.